The Morgan fingerprint density at radius 3 is 2.75 bits per heavy atom. The highest BCUT2D eigenvalue weighted by Gasteiger charge is 2.26. The monoisotopic (exact) mass is 481 g/mol. The quantitative estimate of drug-likeness (QED) is 0.373. The van der Waals surface area contributed by atoms with E-state index in [4.69, 9.17) is 4.98 Å². The van der Waals surface area contributed by atoms with Crippen molar-refractivity contribution in [1.82, 2.24) is 29.6 Å². The van der Waals surface area contributed by atoms with Gasteiger partial charge in [-0.05, 0) is 68.1 Å². The number of anilines is 1. The van der Waals surface area contributed by atoms with Gasteiger partial charge in [0.05, 0.1) is 5.69 Å². The van der Waals surface area contributed by atoms with Crippen LogP contribution < -0.4 is 5.32 Å². The highest BCUT2D eigenvalue weighted by molar-refractivity contribution is 5.65. The largest absolute Gasteiger partial charge is 0.368 e. The summed E-state index contributed by atoms with van der Waals surface area (Å²) in [5.41, 5.74) is 6.81. The van der Waals surface area contributed by atoms with Crippen molar-refractivity contribution < 1.29 is 5.11 Å². The molecule has 1 fully saturated rings. The summed E-state index contributed by atoms with van der Waals surface area (Å²) < 4.78 is 2.13. The molecular formula is C28H31N7O. The van der Waals surface area contributed by atoms with Crippen LogP contribution in [-0.2, 0) is 13.0 Å². The summed E-state index contributed by atoms with van der Waals surface area (Å²) in [6.45, 7) is 6.44. The summed E-state index contributed by atoms with van der Waals surface area (Å²) >= 11 is 0. The Kier molecular flexibility index (Phi) is 5.99. The molecule has 4 aromatic rings. The van der Waals surface area contributed by atoms with E-state index in [0.717, 1.165) is 47.7 Å². The number of hydrogen-bond acceptors (Lipinski definition) is 7. The van der Waals surface area contributed by atoms with Crippen molar-refractivity contribution in [3.63, 3.8) is 0 Å². The molecule has 1 atom stereocenters. The second-order valence-corrected chi connectivity index (χ2v) is 10.0. The normalized spacial score (nSPS) is 16.7. The first-order valence-corrected chi connectivity index (χ1v) is 12.7. The van der Waals surface area contributed by atoms with Crippen LogP contribution in [0.25, 0.3) is 22.5 Å². The van der Waals surface area contributed by atoms with E-state index in [1.54, 1.807) is 12.5 Å². The highest BCUT2D eigenvalue weighted by atomic mass is 16.3. The second-order valence-electron chi connectivity index (χ2n) is 10.0. The molecule has 1 aromatic carbocycles. The molecule has 0 radical (unpaired) electrons. The van der Waals surface area contributed by atoms with Gasteiger partial charge in [0.15, 0.2) is 12.1 Å². The molecule has 2 N–H and O–H groups in total. The number of aliphatic hydroxyl groups is 1. The van der Waals surface area contributed by atoms with Gasteiger partial charge in [0.1, 0.15) is 6.33 Å². The molecule has 2 aliphatic rings. The zero-order valence-electron chi connectivity index (χ0n) is 20.7. The molecule has 1 unspecified atom stereocenters. The lowest BCUT2D eigenvalue weighted by Crippen LogP contribution is -2.36. The minimum absolute atomic E-state index is 0.496. The first kappa shape index (κ1) is 22.8. The van der Waals surface area contributed by atoms with Gasteiger partial charge in [-0.2, -0.15) is 0 Å². The fourth-order valence-corrected chi connectivity index (χ4v) is 4.87. The van der Waals surface area contributed by atoms with E-state index < -0.39 is 6.23 Å². The van der Waals surface area contributed by atoms with Gasteiger partial charge < -0.3 is 15.0 Å². The van der Waals surface area contributed by atoms with E-state index in [9.17, 15) is 5.11 Å². The molecule has 36 heavy (non-hydrogen) atoms. The van der Waals surface area contributed by atoms with Crippen molar-refractivity contribution in [2.45, 2.75) is 58.0 Å². The lowest BCUT2D eigenvalue weighted by Gasteiger charge is -2.31. The fraction of sp³-hybridized carbons (Fsp3) is 0.357. The molecule has 8 heteroatoms. The first-order chi connectivity index (χ1) is 17.5. The molecule has 1 saturated carbocycles. The molecule has 6 rings (SSSR count). The third kappa shape index (κ3) is 4.62. The average Bonchev–Trinajstić information content (AvgIpc) is 3.64. The number of fused-ring (bicyclic) bond motifs is 1. The highest BCUT2D eigenvalue weighted by Crippen LogP contribution is 2.38. The lowest BCUT2D eigenvalue weighted by atomic mass is 9.99. The van der Waals surface area contributed by atoms with Crippen LogP contribution in [0.3, 0.4) is 0 Å². The lowest BCUT2D eigenvalue weighted by molar-refractivity contribution is 0.202. The van der Waals surface area contributed by atoms with Crippen LogP contribution in [0.15, 0.2) is 61.2 Å². The molecule has 184 valence electrons. The summed E-state index contributed by atoms with van der Waals surface area (Å²) in [5.74, 6) is 0.853. The van der Waals surface area contributed by atoms with Gasteiger partial charge in [-0.3, -0.25) is 14.9 Å². The van der Waals surface area contributed by atoms with Crippen LogP contribution in [-0.4, -0.2) is 47.3 Å². The SMILES string of the molecule is CC(C)N1CCc2ncc(-c3ccnc(C(O)Nc4cccc(-c5nncn5C5CC5)c4)c3)cc2C1. The minimum Gasteiger partial charge on any atom is -0.368 e. The Bertz CT molecular complexity index is 1380. The van der Waals surface area contributed by atoms with Crippen LogP contribution in [0, 0.1) is 0 Å². The van der Waals surface area contributed by atoms with Crippen LogP contribution in [0.1, 0.15) is 55.9 Å². The molecule has 1 aliphatic carbocycles. The van der Waals surface area contributed by atoms with Gasteiger partial charge in [0, 0.05) is 66.5 Å². The van der Waals surface area contributed by atoms with Crippen molar-refractivity contribution in [2.24, 2.45) is 0 Å². The number of pyridine rings is 2. The van der Waals surface area contributed by atoms with Gasteiger partial charge >= 0.3 is 0 Å². The number of aliphatic hydroxyl groups excluding tert-OH is 1. The van der Waals surface area contributed by atoms with Gasteiger partial charge in [-0.25, -0.2) is 0 Å². The maximum atomic E-state index is 11.0. The Morgan fingerprint density at radius 1 is 1.03 bits per heavy atom. The van der Waals surface area contributed by atoms with Crippen LogP contribution in [0.5, 0.6) is 0 Å². The summed E-state index contributed by atoms with van der Waals surface area (Å²) in [4.78, 5) is 11.7. The summed E-state index contributed by atoms with van der Waals surface area (Å²) in [5, 5.41) is 22.6. The van der Waals surface area contributed by atoms with Crippen LogP contribution in [0.2, 0.25) is 0 Å². The number of benzene rings is 1. The predicted molar refractivity (Wildman–Crippen MR) is 139 cm³/mol. The predicted octanol–water partition coefficient (Wildman–Crippen LogP) is 4.61. The minimum atomic E-state index is -0.955. The first-order valence-electron chi connectivity index (χ1n) is 12.7. The van der Waals surface area contributed by atoms with Crippen LogP contribution in [0.4, 0.5) is 5.69 Å². The molecule has 0 bridgehead atoms. The van der Waals surface area contributed by atoms with E-state index in [0.29, 0.717) is 17.8 Å². The number of nitrogens with one attached hydrogen (secondary N) is 1. The summed E-state index contributed by atoms with van der Waals surface area (Å²) in [7, 11) is 0. The average molecular weight is 482 g/mol. The Hall–Kier alpha value is -3.62. The molecule has 0 amide bonds. The molecule has 4 heterocycles. The van der Waals surface area contributed by atoms with Crippen molar-refractivity contribution >= 4 is 5.69 Å². The van der Waals surface area contributed by atoms with E-state index in [1.165, 1.54) is 24.1 Å². The van der Waals surface area contributed by atoms with Gasteiger partial charge in [0.25, 0.3) is 0 Å². The molecular weight excluding hydrogens is 450 g/mol. The van der Waals surface area contributed by atoms with E-state index >= 15 is 0 Å². The van der Waals surface area contributed by atoms with Gasteiger partial charge in [-0.1, -0.05) is 12.1 Å². The Balaban J connectivity index is 1.21. The second kappa shape index (κ2) is 9.44. The summed E-state index contributed by atoms with van der Waals surface area (Å²) in [6, 6.07) is 15.0. The maximum Gasteiger partial charge on any atom is 0.168 e. The smallest absolute Gasteiger partial charge is 0.168 e. The third-order valence-corrected chi connectivity index (χ3v) is 7.13. The fourth-order valence-electron chi connectivity index (χ4n) is 4.87. The number of aromatic nitrogens is 5. The zero-order chi connectivity index (χ0) is 24.6. The molecule has 1 aliphatic heterocycles. The van der Waals surface area contributed by atoms with E-state index in [-0.39, 0.29) is 0 Å². The van der Waals surface area contributed by atoms with Crippen molar-refractivity contribution in [3.8, 4) is 22.5 Å². The van der Waals surface area contributed by atoms with E-state index in [2.05, 4.69) is 49.9 Å². The summed E-state index contributed by atoms with van der Waals surface area (Å²) in [6.07, 6.45) is 7.83. The molecule has 0 saturated heterocycles. The maximum absolute atomic E-state index is 11.0. The standard InChI is InChI=1S/C28H31N7O/c1-18(2)34-11-9-25-22(16-34)12-21(15-30-25)19-8-10-29-26(14-19)28(36)32-23-5-3-4-20(13-23)27-33-31-17-35(27)24-6-7-24/h3-5,8,10,12-15,17-18,24,28,32,36H,6-7,9,11,16H2,1-2H3. The zero-order valence-corrected chi connectivity index (χ0v) is 20.7. The molecule has 3 aromatic heterocycles. The topological polar surface area (TPSA) is 92.0 Å². The number of rotatable bonds is 7. The third-order valence-electron chi connectivity index (χ3n) is 7.13. The number of nitrogens with zero attached hydrogens (tertiary/aromatic N) is 6. The van der Waals surface area contributed by atoms with Crippen molar-refractivity contribution in [2.75, 3.05) is 11.9 Å². The van der Waals surface area contributed by atoms with E-state index in [1.807, 2.05) is 42.6 Å². The number of hydrogen-bond donors (Lipinski definition) is 2. The van der Waals surface area contributed by atoms with Gasteiger partial charge in [-0.15, -0.1) is 10.2 Å². The molecule has 0 spiro atoms. The Morgan fingerprint density at radius 2 is 1.92 bits per heavy atom. The van der Waals surface area contributed by atoms with Gasteiger partial charge in [0.2, 0.25) is 0 Å². The van der Waals surface area contributed by atoms with Crippen LogP contribution >= 0.6 is 0 Å². The Labute approximate surface area is 211 Å². The molecule has 8 nitrogen and oxygen atoms in total. The van der Waals surface area contributed by atoms with Crippen molar-refractivity contribution in [1.29, 1.82) is 0 Å². The van der Waals surface area contributed by atoms with Crippen molar-refractivity contribution in [3.05, 3.63) is 78.1 Å².